The molecular weight excluding hydrogens is 331 g/mol. The molecule has 0 aliphatic heterocycles. The van der Waals surface area contributed by atoms with Gasteiger partial charge in [-0.25, -0.2) is 0 Å². The van der Waals surface area contributed by atoms with E-state index >= 15 is 0 Å². The molecule has 1 atom stereocenters. The van der Waals surface area contributed by atoms with Crippen LogP contribution in [0.1, 0.15) is 13.3 Å². The lowest BCUT2D eigenvalue weighted by atomic mass is 10.2. The molecule has 1 rings (SSSR count). The summed E-state index contributed by atoms with van der Waals surface area (Å²) in [5, 5.41) is 0. The molecule has 1 aromatic carbocycles. The van der Waals surface area contributed by atoms with Crippen molar-refractivity contribution in [2.75, 3.05) is 29.7 Å². The fourth-order valence-electron chi connectivity index (χ4n) is 1.74. The molecule has 0 saturated carbocycles. The molecule has 0 aliphatic rings. The number of hydrogen-bond acceptors (Lipinski definition) is 3. The summed E-state index contributed by atoms with van der Waals surface area (Å²) in [6, 6.07) is 6.80. The summed E-state index contributed by atoms with van der Waals surface area (Å²) in [4.78, 5) is 2.29. The third-order valence-corrected chi connectivity index (χ3v) is 4.14. The van der Waals surface area contributed by atoms with Gasteiger partial charge in [0.25, 0.3) is 0 Å². The Balaban J connectivity index is 2.89. The van der Waals surface area contributed by atoms with Crippen molar-refractivity contribution in [3.05, 3.63) is 21.8 Å². The van der Waals surface area contributed by atoms with E-state index in [-0.39, 0.29) is 0 Å². The molecule has 0 saturated heterocycles. The highest BCUT2D eigenvalue weighted by Crippen LogP contribution is 2.27. The molecule has 16 heavy (non-hydrogen) atoms. The molecule has 0 spiro atoms. The quantitative estimate of drug-likeness (QED) is 0.652. The molecule has 0 aliphatic carbocycles. The summed E-state index contributed by atoms with van der Waals surface area (Å²) in [5.41, 5.74) is 8.07. The fraction of sp³-hybridized carbons (Fsp3) is 0.500. The van der Waals surface area contributed by atoms with E-state index in [0.717, 1.165) is 23.5 Å². The van der Waals surface area contributed by atoms with Crippen LogP contribution in [-0.4, -0.2) is 25.1 Å². The molecule has 0 bridgehead atoms. The van der Waals surface area contributed by atoms with Crippen LogP contribution in [-0.2, 0) is 0 Å². The second-order valence-corrected chi connectivity index (χ2v) is 5.99. The van der Waals surface area contributed by atoms with Gasteiger partial charge in [-0.3, -0.25) is 0 Å². The van der Waals surface area contributed by atoms with Crippen molar-refractivity contribution in [3.63, 3.8) is 0 Å². The van der Waals surface area contributed by atoms with Crippen molar-refractivity contribution < 1.29 is 0 Å². The van der Waals surface area contributed by atoms with Gasteiger partial charge in [0.15, 0.2) is 0 Å². The van der Waals surface area contributed by atoms with Gasteiger partial charge < -0.3 is 10.6 Å². The first-order chi connectivity index (χ1) is 7.60. The molecule has 0 amide bonds. The van der Waals surface area contributed by atoms with Crippen LogP contribution in [0.4, 0.5) is 11.4 Å². The van der Waals surface area contributed by atoms with E-state index in [1.807, 2.05) is 17.8 Å². The Morgan fingerprint density at radius 3 is 2.69 bits per heavy atom. The van der Waals surface area contributed by atoms with Gasteiger partial charge in [0.05, 0.1) is 11.4 Å². The molecule has 90 valence electrons. The minimum atomic E-state index is 0.553. The summed E-state index contributed by atoms with van der Waals surface area (Å²) in [7, 11) is 2.13. The Bertz CT molecular complexity index is 344. The largest absolute Gasteiger partial charge is 0.397 e. The topological polar surface area (TPSA) is 29.3 Å². The average molecular weight is 350 g/mol. The van der Waals surface area contributed by atoms with Gasteiger partial charge in [0, 0.05) is 22.4 Å². The lowest BCUT2D eigenvalue weighted by molar-refractivity contribution is 0.674. The Hall–Kier alpha value is -0.100. The van der Waals surface area contributed by atoms with E-state index in [4.69, 9.17) is 5.73 Å². The zero-order valence-electron chi connectivity index (χ0n) is 10.0. The number of nitrogen functional groups attached to an aromatic ring is 1. The van der Waals surface area contributed by atoms with Crippen molar-refractivity contribution in [1.82, 2.24) is 0 Å². The first-order valence-electron chi connectivity index (χ1n) is 5.37. The van der Waals surface area contributed by atoms with Gasteiger partial charge in [0.1, 0.15) is 0 Å². The maximum absolute atomic E-state index is 6.06. The zero-order valence-corrected chi connectivity index (χ0v) is 13.0. The zero-order chi connectivity index (χ0) is 12.1. The molecular formula is C12H19IN2S. The number of nitrogens with two attached hydrogens (primary N) is 1. The lowest BCUT2D eigenvalue weighted by Crippen LogP contribution is -2.33. The average Bonchev–Trinajstić information content (AvgIpc) is 2.25. The van der Waals surface area contributed by atoms with Crippen molar-refractivity contribution in [3.8, 4) is 0 Å². The maximum Gasteiger partial charge on any atom is 0.0600 e. The molecule has 1 unspecified atom stereocenters. The molecule has 1 aromatic rings. The summed E-state index contributed by atoms with van der Waals surface area (Å²) < 4.78 is 1.19. The van der Waals surface area contributed by atoms with Crippen LogP contribution in [0.5, 0.6) is 0 Å². The molecule has 0 heterocycles. The number of benzene rings is 1. The lowest BCUT2D eigenvalue weighted by Gasteiger charge is -2.29. The van der Waals surface area contributed by atoms with Crippen LogP contribution in [0.25, 0.3) is 0 Å². The fourth-order valence-corrected chi connectivity index (χ4v) is 3.10. The summed E-state index contributed by atoms with van der Waals surface area (Å²) in [6.07, 6.45) is 3.29. The molecule has 0 aromatic heterocycles. The number of hydrogen-bond donors (Lipinski definition) is 1. The van der Waals surface area contributed by atoms with Crippen LogP contribution < -0.4 is 10.6 Å². The van der Waals surface area contributed by atoms with E-state index in [2.05, 4.69) is 59.9 Å². The number of halogens is 1. The predicted octanol–water partition coefficient (Wildman–Crippen LogP) is 3.45. The van der Waals surface area contributed by atoms with Gasteiger partial charge in [-0.05, 0) is 53.5 Å². The predicted molar refractivity (Wildman–Crippen MR) is 84.4 cm³/mol. The Morgan fingerprint density at radius 1 is 1.50 bits per heavy atom. The molecule has 0 fully saturated rings. The first kappa shape index (κ1) is 14.0. The highest BCUT2D eigenvalue weighted by atomic mass is 127. The third kappa shape index (κ3) is 3.45. The van der Waals surface area contributed by atoms with Crippen LogP contribution >= 0.6 is 34.4 Å². The number of thioether (sulfide) groups is 1. The highest BCUT2D eigenvalue weighted by Gasteiger charge is 2.14. The highest BCUT2D eigenvalue weighted by molar-refractivity contribution is 14.1. The maximum atomic E-state index is 6.06. The van der Waals surface area contributed by atoms with E-state index in [1.165, 1.54) is 3.57 Å². The smallest absolute Gasteiger partial charge is 0.0600 e. The number of anilines is 2. The normalized spacial score (nSPS) is 12.5. The SMILES string of the molecule is CCC(CSC)N(C)c1ccc(I)cc1N. The monoisotopic (exact) mass is 350 g/mol. The summed E-state index contributed by atoms with van der Waals surface area (Å²) >= 11 is 4.17. The van der Waals surface area contributed by atoms with E-state index in [1.54, 1.807) is 0 Å². The van der Waals surface area contributed by atoms with E-state index in [0.29, 0.717) is 6.04 Å². The third-order valence-electron chi connectivity index (χ3n) is 2.75. The Morgan fingerprint density at radius 2 is 2.19 bits per heavy atom. The van der Waals surface area contributed by atoms with Gasteiger partial charge in [-0.1, -0.05) is 6.92 Å². The van der Waals surface area contributed by atoms with Gasteiger partial charge in [-0.15, -0.1) is 0 Å². The second kappa shape index (κ2) is 6.59. The van der Waals surface area contributed by atoms with Crippen LogP contribution in [0.15, 0.2) is 18.2 Å². The van der Waals surface area contributed by atoms with Crippen molar-refractivity contribution in [2.45, 2.75) is 19.4 Å². The van der Waals surface area contributed by atoms with Crippen molar-refractivity contribution in [1.29, 1.82) is 0 Å². The number of rotatable bonds is 5. The summed E-state index contributed by atoms with van der Waals surface area (Å²) in [6.45, 7) is 2.22. The Kier molecular flexibility index (Phi) is 5.75. The van der Waals surface area contributed by atoms with E-state index < -0.39 is 0 Å². The molecule has 0 radical (unpaired) electrons. The second-order valence-electron chi connectivity index (χ2n) is 3.83. The van der Waals surface area contributed by atoms with Gasteiger partial charge >= 0.3 is 0 Å². The minimum Gasteiger partial charge on any atom is -0.397 e. The standard InChI is InChI=1S/C12H19IN2S/c1-4-10(8-16-3)15(2)12-6-5-9(13)7-11(12)14/h5-7,10H,4,8,14H2,1-3H3. The molecule has 2 N–H and O–H groups in total. The van der Waals surface area contributed by atoms with Gasteiger partial charge in [-0.2, -0.15) is 11.8 Å². The van der Waals surface area contributed by atoms with Crippen LogP contribution in [0.3, 0.4) is 0 Å². The summed E-state index contributed by atoms with van der Waals surface area (Å²) in [5.74, 6) is 1.14. The van der Waals surface area contributed by atoms with Crippen molar-refractivity contribution >= 4 is 45.7 Å². The van der Waals surface area contributed by atoms with E-state index in [9.17, 15) is 0 Å². The minimum absolute atomic E-state index is 0.553. The molecule has 4 heteroatoms. The molecule has 2 nitrogen and oxygen atoms in total. The number of nitrogens with zero attached hydrogens (tertiary/aromatic N) is 1. The van der Waals surface area contributed by atoms with Gasteiger partial charge in [0.2, 0.25) is 0 Å². The first-order valence-corrected chi connectivity index (χ1v) is 7.84. The Labute approximate surface area is 116 Å². The van der Waals surface area contributed by atoms with Crippen molar-refractivity contribution in [2.24, 2.45) is 0 Å². The van der Waals surface area contributed by atoms with Crippen LogP contribution in [0, 0.1) is 3.57 Å². The van der Waals surface area contributed by atoms with Crippen LogP contribution in [0.2, 0.25) is 0 Å².